The van der Waals surface area contributed by atoms with Gasteiger partial charge in [-0.25, -0.2) is 0 Å². The lowest BCUT2D eigenvalue weighted by Crippen LogP contribution is -2.43. The van der Waals surface area contributed by atoms with Gasteiger partial charge in [-0.1, -0.05) is 36.9 Å². The summed E-state index contributed by atoms with van der Waals surface area (Å²) in [5, 5.41) is 12.2. The molecule has 0 bridgehead atoms. The van der Waals surface area contributed by atoms with Crippen molar-refractivity contribution in [1.29, 1.82) is 0 Å². The van der Waals surface area contributed by atoms with Crippen LogP contribution in [-0.4, -0.2) is 47.0 Å². The topological polar surface area (TPSA) is 67.3 Å². The Labute approximate surface area is 162 Å². The molecule has 140 valence electrons. The second-order valence-corrected chi connectivity index (χ2v) is 8.96. The Bertz CT molecular complexity index is 725. The molecule has 8 heteroatoms. The van der Waals surface area contributed by atoms with Gasteiger partial charge in [0.2, 0.25) is 11.0 Å². The molecule has 1 aromatic heterocycles. The van der Waals surface area contributed by atoms with E-state index in [0.29, 0.717) is 22.7 Å². The smallest absolute Gasteiger partial charge is 0.233 e. The van der Waals surface area contributed by atoms with E-state index in [1.54, 1.807) is 7.11 Å². The van der Waals surface area contributed by atoms with Crippen molar-refractivity contribution < 1.29 is 9.53 Å². The van der Waals surface area contributed by atoms with Crippen LogP contribution in [0.4, 0.5) is 10.8 Å². The molecule has 1 amide bonds. The van der Waals surface area contributed by atoms with Crippen molar-refractivity contribution in [2.24, 2.45) is 11.8 Å². The summed E-state index contributed by atoms with van der Waals surface area (Å²) in [7, 11) is 1.64. The van der Waals surface area contributed by atoms with Gasteiger partial charge in [0.05, 0.1) is 12.9 Å². The number of carbonyl (C=O) groups is 1. The number of hydrogen-bond donors (Lipinski definition) is 1. The number of thioether (sulfide) groups is 1. The minimum atomic E-state index is 0.188. The summed E-state index contributed by atoms with van der Waals surface area (Å²) in [6.07, 6.45) is 1.20. The normalized spacial score (nSPS) is 20.0. The number of likely N-dealkylation sites (tertiary alicyclic amines) is 1. The number of amides is 1. The summed E-state index contributed by atoms with van der Waals surface area (Å²) < 4.78 is 5.95. The molecule has 1 fully saturated rings. The quantitative estimate of drug-likeness (QED) is 0.753. The van der Waals surface area contributed by atoms with Crippen molar-refractivity contribution in [2.45, 2.75) is 24.6 Å². The fourth-order valence-electron chi connectivity index (χ4n) is 3.20. The van der Waals surface area contributed by atoms with Gasteiger partial charge in [0.25, 0.3) is 0 Å². The van der Waals surface area contributed by atoms with Crippen LogP contribution in [-0.2, 0) is 4.79 Å². The maximum atomic E-state index is 12.5. The number of rotatable bonds is 6. The van der Waals surface area contributed by atoms with Crippen LogP contribution in [0.3, 0.4) is 0 Å². The summed E-state index contributed by atoms with van der Waals surface area (Å²) in [6.45, 7) is 6.16. The molecule has 1 aliphatic heterocycles. The fraction of sp³-hybridized carbons (Fsp3) is 0.500. The van der Waals surface area contributed by atoms with Crippen molar-refractivity contribution in [2.75, 3.05) is 31.3 Å². The van der Waals surface area contributed by atoms with E-state index < -0.39 is 0 Å². The summed E-state index contributed by atoms with van der Waals surface area (Å²) in [5.41, 5.74) is 0.922. The van der Waals surface area contributed by atoms with Gasteiger partial charge in [-0.3, -0.25) is 4.79 Å². The molecule has 0 radical (unpaired) electrons. The number of anilines is 2. The molecule has 0 aliphatic carbocycles. The summed E-state index contributed by atoms with van der Waals surface area (Å²) in [6, 6.07) is 7.63. The maximum absolute atomic E-state index is 12.5. The van der Waals surface area contributed by atoms with Gasteiger partial charge in [-0.2, -0.15) is 0 Å². The molecular formula is C18H24N4O2S2. The van der Waals surface area contributed by atoms with Gasteiger partial charge in [0.1, 0.15) is 5.75 Å². The van der Waals surface area contributed by atoms with Crippen molar-refractivity contribution in [1.82, 2.24) is 15.1 Å². The van der Waals surface area contributed by atoms with Crippen LogP contribution in [0.1, 0.15) is 20.3 Å². The van der Waals surface area contributed by atoms with E-state index in [2.05, 4.69) is 29.4 Å². The molecule has 2 aromatic rings. The fourth-order valence-corrected chi connectivity index (χ4v) is 4.87. The van der Waals surface area contributed by atoms with E-state index in [0.717, 1.165) is 28.9 Å². The Morgan fingerprint density at radius 2 is 1.96 bits per heavy atom. The highest BCUT2D eigenvalue weighted by Crippen LogP contribution is 2.29. The number of piperidine rings is 1. The van der Waals surface area contributed by atoms with E-state index in [9.17, 15) is 4.79 Å². The van der Waals surface area contributed by atoms with Gasteiger partial charge < -0.3 is 15.0 Å². The number of carbonyl (C=O) groups excluding carboxylic acids is 1. The predicted molar refractivity (Wildman–Crippen MR) is 106 cm³/mol. The Morgan fingerprint density at radius 3 is 2.62 bits per heavy atom. The highest BCUT2D eigenvalue weighted by molar-refractivity contribution is 8.01. The number of nitrogens with one attached hydrogen (secondary N) is 1. The molecule has 2 atom stereocenters. The standard InChI is InChI=1S/C18H24N4O2S2/c1-12-8-13(2)10-22(9-12)16(23)11-25-18-21-20-17(26-18)19-14-4-6-15(24-3)7-5-14/h4-7,12-13H,8-11H2,1-3H3,(H,19,20)/t12-,13+. The van der Waals surface area contributed by atoms with Crippen LogP contribution < -0.4 is 10.1 Å². The second-order valence-electron chi connectivity index (χ2n) is 6.76. The Morgan fingerprint density at radius 1 is 1.27 bits per heavy atom. The van der Waals surface area contributed by atoms with E-state index in [-0.39, 0.29) is 5.91 Å². The molecule has 0 spiro atoms. The average molecular weight is 393 g/mol. The first-order chi connectivity index (χ1) is 12.5. The second kappa shape index (κ2) is 8.73. The van der Waals surface area contributed by atoms with Crippen LogP contribution in [0.5, 0.6) is 5.75 Å². The molecule has 0 unspecified atom stereocenters. The molecule has 2 heterocycles. The first-order valence-electron chi connectivity index (χ1n) is 8.68. The highest BCUT2D eigenvalue weighted by atomic mass is 32.2. The van der Waals surface area contributed by atoms with Crippen molar-refractivity contribution in [3.63, 3.8) is 0 Å². The van der Waals surface area contributed by atoms with Crippen LogP contribution in [0, 0.1) is 11.8 Å². The predicted octanol–water partition coefficient (Wildman–Crippen LogP) is 3.89. The van der Waals surface area contributed by atoms with Gasteiger partial charge in [-0.15, -0.1) is 10.2 Å². The summed E-state index contributed by atoms with van der Waals surface area (Å²) in [4.78, 5) is 14.4. The third kappa shape index (κ3) is 5.11. The monoisotopic (exact) mass is 392 g/mol. The van der Waals surface area contributed by atoms with Gasteiger partial charge in [-0.05, 0) is 42.5 Å². The lowest BCUT2D eigenvalue weighted by molar-refractivity contribution is -0.130. The minimum Gasteiger partial charge on any atom is -0.497 e. The molecule has 1 aromatic carbocycles. The average Bonchev–Trinajstić information content (AvgIpc) is 3.07. The molecule has 1 aliphatic rings. The van der Waals surface area contributed by atoms with E-state index in [1.165, 1.54) is 29.5 Å². The molecule has 1 saturated heterocycles. The molecule has 3 rings (SSSR count). The van der Waals surface area contributed by atoms with Crippen LogP contribution in [0.2, 0.25) is 0 Å². The largest absolute Gasteiger partial charge is 0.497 e. The number of nitrogens with zero attached hydrogens (tertiary/aromatic N) is 3. The van der Waals surface area contributed by atoms with Crippen molar-refractivity contribution >= 4 is 39.8 Å². The van der Waals surface area contributed by atoms with Crippen LogP contribution >= 0.6 is 23.1 Å². The van der Waals surface area contributed by atoms with E-state index in [4.69, 9.17) is 4.74 Å². The first-order valence-corrected chi connectivity index (χ1v) is 10.5. The number of methoxy groups -OCH3 is 1. The van der Waals surface area contributed by atoms with Crippen LogP contribution in [0.15, 0.2) is 28.6 Å². The molecule has 1 N–H and O–H groups in total. The molecule has 0 saturated carbocycles. The molecular weight excluding hydrogens is 368 g/mol. The van der Waals surface area contributed by atoms with Gasteiger partial charge in [0, 0.05) is 18.8 Å². The lowest BCUT2D eigenvalue weighted by Gasteiger charge is -2.34. The Kier molecular flexibility index (Phi) is 6.37. The zero-order valence-corrected chi connectivity index (χ0v) is 16.9. The SMILES string of the molecule is COc1ccc(Nc2nnc(SCC(=O)N3C[C@H](C)C[C@H](C)C3)s2)cc1. The minimum absolute atomic E-state index is 0.188. The third-order valence-electron chi connectivity index (χ3n) is 4.29. The Hall–Kier alpha value is -1.80. The first kappa shape index (κ1) is 19.0. The van der Waals surface area contributed by atoms with Crippen molar-refractivity contribution in [3.05, 3.63) is 24.3 Å². The number of aromatic nitrogens is 2. The van der Waals surface area contributed by atoms with Gasteiger partial charge >= 0.3 is 0 Å². The number of ether oxygens (including phenoxy) is 1. The summed E-state index contributed by atoms with van der Waals surface area (Å²) >= 11 is 2.91. The Balaban J connectivity index is 1.50. The van der Waals surface area contributed by atoms with Crippen LogP contribution in [0.25, 0.3) is 0 Å². The number of benzene rings is 1. The van der Waals surface area contributed by atoms with E-state index in [1.807, 2.05) is 29.2 Å². The third-order valence-corrected chi connectivity index (χ3v) is 6.25. The lowest BCUT2D eigenvalue weighted by atomic mass is 9.92. The molecule has 26 heavy (non-hydrogen) atoms. The molecule has 6 nitrogen and oxygen atoms in total. The van der Waals surface area contributed by atoms with Gasteiger partial charge in [0.15, 0.2) is 4.34 Å². The zero-order valence-electron chi connectivity index (χ0n) is 15.3. The van der Waals surface area contributed by atoms with E-state index >= 15 is 0 Å². The number of hydrogen-bond acceptors (Lipinski definition) is 7. The maximum Gasteiger partial charge on any atom is 0.233 e. The summed E-state index contributed by atoms with van der Waals surface area (Å²) in [5.74, 6) is 2.57. The van der Waals surface area contributed by atoms with Crippen molar-refractivity contribution in [3.8, 4) is 5.75 Å². The highest BCUT2D eigenvalue weighted by Gasteiger charge is 2.25. The zero-order chi connectivity index (χ0) is 18.5.